The molecule has 1 aromatic heterocycles. The van der Waals surface area contributed by atoms with E-state index in [1.165, 1.54) is 0 Å². The first kappa shape index (κ1) is 29.1. The molecule has 2 N–H and O–H groups in total. The third-order valence-corrected chi connectivity index (χ3v) is 8.87. The van der Waals surface area contributed by atoms with Crippen molar-refractivity contribution in [1.29, 1.82) is 0 Å². The van der Waals surface area contributed by atoms with Gasteiger partial charge in [-0.1, -0.05) is 123 Å². The predicted molar refractivity (Wildman–Crippen MR) is 177 cm³/mol. The van der Waals surface area contributed by atoms with Crippen LogP contribution in [-0.4, -0.2) is 27.6 Å². The zero-order valence-electron chi connectivity index (χ0n) is 25.5. The molecule has 0 spiro atoms. The van der Waals surface area contributed by atoms with Crippen molar-refractivity contribution in [3.63, 3.8) is 0 Å². The second-order valence-electron chi connectivity index (χ2n) is 11.7. The van der Waals surface area contributed by atoms with Gasteiger partial charge in [0, 0.05) is 18.8 Å². The molecule has 1 atom stereocenters. The number of rotatable bonds is 8. The zero-order chi connectivity index (χ0) is 30.9. The molecule has 1 unspecified atom stereocenters. The van der Waals surface area contributed by atoms with Crippen molar-refractivity contribution in [3.05, 3.63) is 173 Å². The van der Waals surface area contributed by atoms with Gasteiger partial charge in [-0.2, -0.15) is 0 Å². The van der Waals surface area contributed by atoms with Gasteiger partial charge < -0.3 is 15.0 Å². The summed E-state index contributed by atoms with van der Waals surface area (Å²) < 4.78 is 2.14. The van der Waals surface area contributed by atoms with Crippen LogP contribution >= 0.6 is 0 Å². The maximum absolute atomic E-state index is 12.6. The van der Waals surface area contributed by atoms with Gasteiger partial charge in [0.2, 0.25) is 0 Å². The van der Waals surface area contributed by atoms with Gasteiger partial charge in [0.15, 0.2) is 0 Å². The minimum Gasteiger partial charge on any atom is -0.378 e. The first-order valence-corrected chi connectivity index (χ1v) is 15.0. The van der Waals surface area contributed by atoms with E-state index in [1.807, 2.05) is 81.8 Å². The number of hydrogen-bond donors (Lipinski definition) is 2. The van der Waals surface area contributed by atoms with Gasteiger partial charge in [0.25, 0.3) is 5.91 Å². The Kier molecular flexibility index (Phi) is 7.66. The molecule has 0 radical (unpaired) electrons. The fourth-order valence-corrected chi connectivity index (χ4v) is 6.49. The number of amides is 1. The summed E-state index contributed by atoms with van der Waals surface area (Å²) in [5.74, 6) is -0.300. The molecular weight excluding hydrogens is 542 g/mol. The minimum atomic E-state index is -1.37. The number of nitrogens with zero attached hydrogens (tertiary/aromatic N) is 2. The van der Waals surface area contributed by atoms with Gasteiger partial charge in [0.1, 0.15) is 11.1 Å². The standard InChI is InChI=1S/C39H37N3O2/c1-27(2)39(44,34-21-20-29-24-35(37(43)40-4)28(3)22-30(29)23-34)36-25-42(26-41-36)38(31-14-8-5-9-15-31,32-16-10-6-11-17-32)33-18-12-7-13-19-33/h5-27,44H,1-4H3,(H,40,43). The molecule has 0 aliphatic carbocycles. The van der Waals surface area contributed by atoms with Crippen molar-refractivity contribution in [2.24, 2.45) is 5.92 Å². The lowest BCUT2D eigenvalue weighted by molar-refractivity contribution is 0.0279. The molecule has 44 heavy (non-hydrogen) atoms. The Balaban J connectivity index is 1.56. The van der Waals surface area contributed by atoms with E-state index < -0.39 is 11.1 Å². The summed E-state index contributed by atoms with van der Waals surface area (Å²) in [5, 5.41) is 17.2. The molecule has 0 saturated carbocycles. The molecule has 0 saturated heterocycles. The normalized spacial score (nSPS) is 13.1. The summed E-state index contributed by atoms with van der Waals surface area (Å²) >= 11 is 0. The molecule has 6 rings (SSSR count). The van der Waals surface area contributed by atoms with Crippen LogP contribution in [0, 0.1) is 12.8 Å². The Hall–Kier alpha value is -5.00. The summed E-state index contributed by atoms with van der Waals surface area (Å²) in [7, 11) is 1.64. The van der Waals surface area contributed by atoms with Gasteiger partial charge in [-0.05, 0) is 63.6 Å². The second-order valence-corrected chi connectivity index (χ2v) is 11.7. The van der Waals surface area contributed by atoms with E-state index in [-0.39, 0.29) is 11.8 Å². The maximum atomic E-state index is 12.6. The lowest BCUT2D eigenvalue weighted by atomic mass is 9.76. The van der Waals surface area contributed by atoms with Gasteiger partial charge in [0.05, 0.1) is 12.0 Å². The monoisotopic (exact) mass is 579 g/mol. The average molecular weight is 580 g/mol. The highest BCUT2D eigenvalue weighted by atomic mass is 16.3. The number of imidazole rings is 1. The van der Waals surface area contributed by atoms with Crippen molar-refractivity contribution in [2.75, 3.05) is 7.05 Å². The summed E-state index contributed by atoms with van der Waals surface area (Å²) in [6, 6.07) is 41.2. The molecule has 5 nitrogen and oxygen atoms in total. The molecular formula is C39H37N3O2. The number of carbonyl (C=O) groups excluding carboxylic acids is 1. The highest BCUT2D eigenvalue weighted by Gasteiger charge is 2.42. The first-order chi connectivity index (χ1) is 21.3. The molecule has 6 aromatic rings. The Morgan fingerprint density at radius 3 is 1.80 bits per heavy atom. The van der Waals surface area contributed by atoms with E-state index in [4.69, 9.17) is 4.98 Å². The number of aryl methyl sites for hydroxylation is 1. The molecule has 0 aliphatic rings. The Morgan fingerprint density at radius 1 is 0.750 bits per heavy atom. The van der Waals surface area contributed by atoms with Crippen LogP contribution in [0.3, 0.4) is 0 Å². The topological polar surface area (TPSA) is 67.2 Å². The fraction of sp³-hybridized carbons (Fsp3) is 0.179. The number of fused-ring (bicyclic) bond motifs is 1. The third kappa shape index (κ3) is 4.70. The molecule has 0 fully saturated rings. The van der Waals surface area contributed by atoms with E-state index in [2.05, 4.69) is 82.7 Å². The van der Waals surface area contributed by atoms with E-state index in [1.54, 1.807) is 7.05 Å². The smallest absolute Gasteiger partial charge is 0.251 e. The van der Waals surface area contributed by atoms with Crippen molar-refractivity contribution in [2.45, 2.75) is 31.9 Å². The van der Waals surface area contributed by atoms with Crippen LogP contribution < -0.4 is 5.32 Å². The third-order valence-electron chi connectivity index (χ3n) is 8.87. The van der Waals surface area contributed by atoms with Crippen molar-refractivity contribution < 1.29 is 9.90 Å². The van der Waals surface area contributed by atoms with Crippen LogP contribution in [0.2, 0.25) is 0 Å². The summed E-state index contributed by atoms with van der Waals surface area (Å²) in [6.07, 6.45) is 3.84. The fourth-order valence-electron chi connectivity index (χ4n) is 6.49. The summed E-state index contributed by atoms with van der Waals surface area (Å²) in [5.41, 5.74) is 3.99. The van der Waals surface area contributed by atoms with Crippen LogP contribution in [0.25, 0.3) is 10.8 Å². The Morgan fingerprint density at radius 2 is 1.30 bits per heavy atom. The van der Waals surface area contributed by atoms with Crippen LogP contribution in [-0.2, 0) is 11.1 Å². The van der Waals surface area contributed by atoms with Gasteiger partial charge in [-0.25, -0.2) is 4.98 Å². The maximum Gasteiger partial charge on any atom is 0.251 e. The largest absolute Gasteiger partial charge is 0.378 e. The molecule has 1 amide bonds. The zero-order valence-corrected chi connectivity index (χ0v) is 25.5. The van der Waals surface area contributed by atoms with Crippen molar-refractivity contribution in [3.8, 4) is 0 Å². The number of aromatic nitrogens is 2. The number of benzene rings is 5. The van der Waals surface area contributed by atoms with E-state index in [9.17, 15) is 9.90 Å². The quantitative estimate of drug-likeness (QED) is 0.184. The highest BCUT2D eigenvalue weighted by Crippen LogP contribution is 2.43. The number of nitrogens with one attached hydrogen (secondary N) is 1. The lowest BCUT2D eigenvalue weighted by Crippen LogP contribution is -2.37. The van der Waals surface area contributed by atoms with E-state index in [0.29, 0.717) is 11.3 Å². The summed E-state index contributed by atoms with van der Waals surface area (Å²) in [4.78, 5) is 17.3. The Bertz CT molecular complexity index is 1820. The number of carbonyl (C=O) groups is 1. The second kappa shape index (κ2) is 11.6. The van der Waals surface area contributed by atoms with E-state index >= 15 is 0 Å². The predicted octanol–water partition coefficient (Wildman–Crippen LogP) is 7.44. The molecule has 0 bridgehead atoms. The highest BCUT2D eigenvalue weighted by molar-refractivity contribution is 6.00. The van der Waals surface area contributed by atoms with Gasteiger partial charge in [-0.3, -0.25) is 4.79 Å². The molecule has 220 valence electrons. The molecule has 5 aromatic carbocycles. The SMILES string of the molecule is CNC(=O)c1cc2ccc(C(O)(c3cn(C(c4ccccc4)(c4ccccc4)c4ccccc4)cn3)C(C)C)cc2cc1C. The summed E-state index contributed by atoms with van der Waals surface area (Å²) in [6.45, 7) is 5.97. The van der Waals surface area contributed by atoms with Crippen molar-refractivity contribution >= 4 is 16.7 Å². The van der Waals surface area contributed by atoms with Crippen LogP contribution in [0.5, 0.6) is 0 Å². The van der Waals surface area contributed by atoms with Crippen molar-refractivity contribution in [1.82, 2.24) is 14.9 Å². The molecule has 5 heteroatoms. The average Bonchev–Trinajstić information content (AvgIpc) is 3.56. The Labute approximate surface area is 258 Å². The van der Waals surface area contributed by atoms with Gasteiger partial charge in [-0.15, -0.1) is 0 Å². The van der Waals surface area contributed by atoms with Gasteiger partial charge >= 0.3 is 0 Å². The van der Waals surface area contributed by atoms with Crippen LogP contribution in [0.15, 0.2) is 134 Å². The number of aliphatic hydroxyl groups is 1. The molecule has 1 heterocycles. The number of hydrogen-bond acceptors (Lipinski definition) is 3. The van der Waals surface area contributed by atoms with Crippen LogP contribution in [0.4, 0.5) is 0 Å². The lowest BCUT2D eigenvalue weighted by Gasteiger charge is -2.37. The first-order valence-electron chi connectivity index (χ1n) is 15.0. The minimum absolute atomic E-state index is 0.114. The molecule has 0 aliphatic heterocycles. The van der Waals surface area contributed by atoms with E-state index in [0.717, 1.165) is 38.6 Å². The van der Waals surface area contributed by atoms with Crippen LogP contribution in [0.1, 0.15) is 57.7 Å².